The van der Waals surface area contributed by atoms with E-state index in [4.69, 9.17) is 9.97 Å². The summed E-state index contributed by atoms with van der Waals surface area (Å²) < 4.78 is 2.14. The van der Waals surface area contributed by atoms with Crippen LogP contribution < -0.4 is 0 Å². The van der Waals surface area contributed by atoms with E-state index in [2.05, 4.69) is 65.2 Å². The third kappa shape index (κ3) is 2.09. The van der Waals surface area contributed by atoms with Crippen LogP contribution in [0.15, 0.2) is 91.1 Å². The monoisotopic (exact) mass is 345 g/mol. The van der Waals surface area contributed by atoms with Gasteiger partial charge in [-0.05, 0) is 35.0 Å². The minimum Gasteiger partial charge on any atom is -0.298 e. The molecule has 0 aliphatic rings. The van der Waals surface area contributed by atoms with E-state index in [1.54, 1.807) is 0 Å². The maximum atomic E-state index is 5.04. The van der Waals surface area contributed by atoms with Gasteiger partial charge in [-0.2, -0.15) is 0 Å². The van der Waals surface area contributed by atoms with Gasteiger partial charge in [-0.3, -0.25) is 4.40 Å². The zero-order valence-corrected chi connectivity index (χ0v) is 14.5. The van der Waals surface area contributed by atoms with Crippen molar-refractivity contribution < 1.29 is 0 Å². The van der Waals surface area contributed by atoms with Crippen molar-refractivity contribution in [3.63, 3.8) is 0 Å². The zero-order chi connectivity index (χ0) is 17.8. The van der Waals surface area contributed by atoms with Crippen molar-refractivity contribution in [2.24, 2.45) is 0 Å². The Labute approximate surface area is 155 Å². The van der Waals surface area contributed by atoms with Crippen LogP contribution in [0.3, 0.4) is 0 Å². The SMILES string of the molecule is c1ccc2cc(-c3nc4ccccc4c4nc5ccccn5c34)ccc2c1. The molecule has 0 bridgehead atoms. The van der Waals surface area contributed by atoms with E-state index >= 15 is 0 Å². The molecular formula is C24H15N3. The lowest BCUT2D eigenvalue weighted by Gasteiger charge is -2.08. The van der Waals surface area contributed by atoms with E-state index in [0.717, 1.165) is 38.8 Å². The summed E-state index contributed by atoms with van der Waals surface area (Å²) in [5.41, 5.74) is 6.03. The number of hydrogen-bond acceptors (Lipinski definition) is 2. The van der Waals surface area contributed by atoms with Crippen LogP contribution in [0.5, 0.6) is 0 Å². The molecular weight excluding hydrogens is 330 g/mol. The Kier molecular flexibility index (Phi) is 2.88. The van der Waals surface area contributed by atoms with Crippen molar-refractivity contribution in [1.82, 2.24) is 14.4 Å². The number of aromatic nitrogens is 3. The standard InChI is InChI=1S/C24H15N3/c1-2-8-17-15-18(13-12-16(17)7-1)22-24-23(19-9-3-4-10-20(19)25-22)26-21-11-5-6-14-27(21)24/h1-15H. The normalized spacial score (nSPS) is 11.7. The lowest BCUT2D eigenvalue weighted by Crippen LogP contribution is -1.92. The number of imidazole rings is 1. The Morgan fingerprint density at radius 2 is 1.48 bits per heavy atom. The van der Waals surface area contributed by atoms with Crippen molar-refractivity contribution in [1.29, 1.82) is 0 Å². The molecule has 3 aromatic heterocycles. The maximum Gasteiger partial charge on any atom is 0.137 e. The maximum absolute atomic E-state index is 5.04. The Balaban J connectivity index is 1.80. The Morgan fingerprint density at radius 3 is 2.44 bits per heavy atom. The van der Waals surface area contributed by atoms with Crippen molar-refractivity contribution in [3.05, 3.63) is 91.1 Å². The largest absolute Gasteiger partial charge is 0.298 e. The van der Waals surface area contributed by atoms with Gasteiger partial charge in [0.25, 0.3) is 0 Å². The molecule has 0 amide bonds. The molecule has 126 valence electrons. The molecule has 0 N–H and O–H groups in total. The summed E-state index contributed by atoms with van der Waals surface area (Å²) in [4.78, 5) is 9.96. The molecule has 27 heavy (non-hydrogen) atoms. The van der Waals surface area contributed by atoms with Crippen molar-refractivity contribution in [3.8, 4) is 11.3 Å². The quantitative estimate of drug-likeness (QED) is 0.374. The van der Waals surface area contributed by atoms with E-state index in [1.165, 1.54) is 10.8 Å². The van der Waals surface area contributed by atoms with Gasteiger partial charge in [0.05, 0.1) is 16.7 Å². The first-order valence-electron chi connectivity index (χ1n) is 9.03. The van der Waals surface area contributed by atoms with E-state index in [1.807, 2.05) is 30.3 Å². The fourth-order valence-corrected chi connectivity index (χ4v) is 3.89. The molecule has 6 rings (SSSR count). The van der Waals surface area contributed by atoms with Gasteiger partial charge in [0, 0.05) is 17.1 Å². The third-order valence-electron chi connectivity index (χ3n) is 5.17. The molecule has 3 nitrogen and oxygen atoms in total. The lowest BCUT2D eigenvalue weighted by atomic mass is 10.0. The van der Waals surface area contributed by atoms with Crippen LogP contribution in [0.1, 0.15) is 0 Å². The fourth-order valence-electron chi connectivity index (χ4n) is 3.89. The summed E-state index contributed by atoms with van der Waals surface area (Å²) in [5.74, 6) is 0. The highest BCUT2D eigenvalue weighted by molar-refractivity contribution is 6.09. The summed E-state index contributed by atoms with van der Waals surface area (Å²) in [7, 11) is 0. The predicted molar refractivity (Wildman–Crippen MR) is 111 cm³/mol. The number of rotatable bonds is 1. The van der Waals surface area contributed by atoms with E-state index in [0.29, 0.717) is 0 Å². The molecule has 3 heteroatoms. The molecule has 3 aromatic carbocycles. The minimum absolute atomic E-state index is 0.938. The van der Waals surface area contributed by atoms with Crippen molar-refractivity contribution >= 4 is 38.4 Å². The number of benzene rings is 3. The first-order valence-corrected chi connectivity index (χ1v) is 9.03. The highest BCUT2D eigenvalue weighted by Gasteiger charge is 2.16. The molecule has 0 spiro atoms. The topological polar surface area (TPSA) is 30.2 Å². The van der Waals surface area contributed by atoms with E-state index < -0.39 is 0 Å². The van der Waals surface area contributed by atoms with Gasteiger partial charge < -0.3 is 0 Å². The Morgan fingerprint density at radius 1 is 0.667 bits per heavy atom. The first kappa shape index (κ1) is 14.4. The summed E-state index contributed by atoms with van der Waals surface area (Å²) in [6.07, 6.45) is 2.06. The first-order chi connectivity index (χ1) is 13.4. The fraction of sp³-hybridized carbons (Fsp3) is 0. The second-order valence-electron chi connectivity index (χ2n) is 6.78. The molecule has 0 saturated carbocycles. The highest BCUT2D eigenvalue weighted by atomic mass is 15.0. The molecule has 3 heterocycles. The average molecular weight is 345 g/mol. The molecule has 0 aliphatic heterocycles. The minimum atomic E-state index is 0.938. The molecule has 0 aliphatic carbocycles. The van der Waals surface area contributed by atoms with Crippen LogP contribution in [0.4, 0.5) is 0 Å². The molecule has 0 saturated heterocycles. The van der Waals surface area contributed by atoms with Crippen LogP contribution in [-0.4, -0.2) is 14.4 Å². The summed E-state index contributed by atoms with van der Waals surface area (Å²) in [5, 5.41) is 3.53. The number of pyridine rings is 2. The smallest absolute Gasteiger partial charge is 0.137 e. The summed E-state index contributed by atoms with van der Waals surface area (Å²) in [6, 6.07) is 29.3. The van der Waals surface area contributed by atoms with Gasteiger partial charge in [-0.15, -0.1) is 0 Å². The molecule has 0 atom stereocenters. The highest BCUT2D eigenvalue weighted by Crippen LogP contribution is 2.34. The van der Waals surface area contributed by atoms with Gasteiger partial charge in [-0.1, -0.05) is 60.7 Å². The van der Waals surface area contributed by atoms with Crippen molar-refractivity contribution in [2.75, 3.05) is 0 Å². The summed E-state index contributed by atoms with van der Waals surface area (Å²) >= 11 is 0. The van der Waals surface area contributed by atoms with Gasteiger partial charge >= 0.3 is 0 Å². The second-order valence-corrected chi connectivity index (χ2v) is 6.78. The van der Waals surface area contributed by atoms with E-state index in [9.17, 15) is 0 Å². The predicted octanol–water partition coefficient (Wildman–Crippen LogP) is 5.86. The lowest BCUT2D eigenvalue weighted by molar-refractivity contribution is 1.22. The number of para-hydroxylation sites is 1. The molecule has 0 unspecified atom stereocenters. The third-order valence-corrected chi connectivity index (χ3v) is 5.17. The zero-order valence-electron chi connectivity index (χ0n) is 14.5. The van der Waals surface area contributed by atoms with Crippen LogP contribution >= 0.6 is 0 Å². The van der Waals surface area contributed by atoms with Crippen LogP contribution in [0, 0.1) is 0 Å². The van der Waals surface area contributed by atoms with Crippen molar-refractivity contribution in [2.45, 2.75) is 0 Å². The van der Waals surface area contributed by atoms with Crippen LogP contribution in [0.25, 0.3) is 49.6 Å². The van der Waals surface area contributed by atoms with E-state index in [-0.39, 0.29) is 0 Å². The Hall–Kier alpha value is -3.72. The number of hydrogen-bond donors (Lipinski definition) is 0. The van der Waals surface area contributed by atoms with Gasteiger partial charge in [0.1, 0.15) is 11.2 Å². The average Bonchev–Trinajstić information content (AvgIpc) is 3.13. The van der Waals surface area contributed by atoms with Gasteiger partial charge in [0.2, 0.25) is 0 Å². The van der Waals surface area contributed by atoms with Crippen LogP contribution in [0.2, 0.25) is 0 Å². The van der Waals surface area contributed by atoms with Gasteiger partial charge in [0.15, 0.2) is 0 Å². The molecule has 0 fully saturated rings. The molecule has 6 aromatic rings. The van der Waals surface area contributed by atoms with Gasteiger partial charge in [-0.25, -0.2) is 9.97 Å². The summed E-state index contributed by atoms with van der Waals surface area (Å²) in [6.45, 7) is 0. The number of nitrogens with zero attached hydrogens (tertiary/aromatic N) is 3. The Bertz CT molecular complexity index is 1480. The second kappa shape index (κ2) is 5.39. The van der Waals surface area contributed by atoms with Crippen LogP contribution in [-0.2, 0) is 0 Å². The number of fused-ring (bicyclic) bond motifs is 6. The molecule has 0 radical (unpaired) electrons.